The molecule has 1 aliphatic heterocycles. The number of nitrogens with one attached hydrogen (secondary N) is 1. The van der Waals surface area contributed by atoms with Crippen LogP contribution in [0.3, 0.4) is 0 Å². The molecule has 0 spiro atoms. The van der Waals surface area contributed by atoms with Crippen LogP contribution in [-0.2, 0) is 4.79 Å². The van der Waals surface area contributed by atoms with E-state index in [1.807, 2.05) is 12.1 Å². The molecule has 27 heavy (non-hydrogen) atoms. The van der Waals surface area contributed by atoms with Crippen molar-refractivity contribution in [2.45, 2.75) is 12.8 Å². The molecule has 1 heterocycles. The third-order valence-corrected chi connectivity index (χ3v) is 5.20. The lowest BCUT2D eigenvalue weighted by atomic mass is 10.2. The third-order valence-electron chi connectivity index (χ3n) is 4.65. The minimum atomic E-state index is -0.177. The normalized spacial score (nSPS) is 15.0. The SMILES string of the molecule is O=C(CCCN1CCN(c2ccccc2F)CC1)Nc1ccc(Cl)cc1Cl. The van der Waals surface area contributed by atoms with Gasteiger partial charge in [0.1, 0.15) is 5.82 Å². The Balaban J connectivity index is 1.39. The van der Waals surface area contributed by atoms with E-state index in [1.165, 1.54) is 6.07 Å². The van der Waals surface area contributed by atoms with Gasteiger partial charge in [0.05, 0.1) is 16.4 Å². The second-order valence-electron chi connectivity index (χ2n) is 6.56. The van der Waals surface area contributed by atoms with Gasteiger partial charge in [0.15, 0.2) is 0 Å². The van der Waals surface area contributed by atoms with Crippen LogP contribution in [0.2, 0.25) is 10.0 Å². The van der Waals surface area contributed by atoms with Gasteiger partial charge in [0.2, 0.25) is 5.91 Å². The van der Waals surface area contributed by atoms with Crippen LogP contribution in [-0.4, -0.2) is 43.5 Å². The van der Waals surface area contributed by atoms with Gasteiger partial charge in [0.25, 0.3) is 0 Å². The van der Waals surface area contributed by atoms with Crippen molar-refractivity contribution in [2.24, 2.45) is 0 Å². The molecule has 0 saturated carbocycles. The molecule has 144 valence electrons. The second-order valence-corrected chi connectivity index (χ2v) is 7.40. The van der Waals surface area contributed by atoms with Gasteiger partial charge in [-0.3, -0.25) is 9.69 Å². The fraction of sp³-hybridized carbons (Fsp3) is 0.350. The lowest BCUT2D eigenvalue weighted by molar-refractivity contribution is -0.116. The highest BCUT2D eigenvalue weighted by Crippen LogP contribution is 2.25. The van der Waals surface area contributed by atoms with Crippen LogP contribution in [0.25, 0.3) is 0 Å². The molecule has 0 aromatic heterocycles. The van der Waals surface area contributed by atoms with Gasteiger partial charge in [-0.25, -0.2) is 4.39 Å². The molecule has 1 amide bonds. The second kappa shape index (κ2) is 9.40. The summed E-state index contributed by atoms with van der Waals surface area (Å²) in [4.78, 5) is 16.5. The smallest absolute Gasteiger partial charge is 0.224 e. The molecule has 1 aliphatic rings. The van der Waals surface area contributed by atoms with Gasteiger partial charge in [-0.1, -0.05) is 35.3 Å². The maximum atomic E-state index is 13.9. The van der Waals surface area contributed by atoms with Gasteiger partial charge >= 0.3 is 0 Å². The van der Waals surface area contributed by atoms with Gasteiger partial charge < -0.3 is 10.2 Å². The van der Waals surface area contributed by atoms with Crippen molar-refractivity contribution in [3.05, 3.63) is 58.3 Å². The average molecular weight is 410 g/mol. The minimum Gasteiger partial charge on any atom is -0.367 e. The maximum Gasteiger partial charge on any atom is 0.224 e. The predicted molar refractivity (Wildman–Crippen MR) is 109 cm³/mol. The first kappa shape index (κ1) is 19.9. The highest BCUT2D eigenvalue weighted by atomic mass is 35.5. The molecule has 0 radical (unpaired) electrons. The summed E-state index contributed by atoms with van der Waals surface area (Å²) in [5.74, 6) is -0.243. The van der Waals surface area contributed by atoms with E-state index in [0.29, 0.717) is 27.8 Å². The highest BCUT2D eigenvalue weighted by Gasteiger charge is 2.19. The molecule has 0 atom stereocenters. The summed E-state index contributed by atoms with van der Waals surface area (Å²) in [5.41, 5.74) is 1.24. The van der Waals surface area contributed by atoms with Crippen LogP contribution in [0.4, 0.5) is 15.8 Å². The lowest BCUT2D eigenvalue weighted by Crippen LogP contribution is -2.47. The molecule has 0 aliphatic carbocycles. The fourth-order valence-corrected chi connectivity index (χ4v) is 3.64. The summed E-state index contributed by atoms with van der Waals surface area (Å²) in [6, 6.07) is 11.9. The molecule has 3 rings (SSSR count). The number of amides is 1. The van der Waals surface area contributed by atoms with E-state index in [1.54, 1.807) is 24.3 Å². The molecule has 7 heteroatoms. The number of hydrogen-bond acceptors (Lipinski definition) is 3. The number of carbonyl (C=O) groups is 1. The van der Waals surface area contributed by atoms with E-state index in [9.17, 15) is 9.18 Å². The molecule has 0 bridgehead atoms. The largest absolute Gasteiger partial charge is 0.367 e. The molecule has 1 saturated heterocycles. The van der Waals surface area contributed by atoms with E-state index in [2.05, 4.69) is 15.1 Å². The standard InChI is InChI=1S/C20H22Cl2FN3O/c21-15-7-8-18(16(22)14-15)24-20(27)6-3-9-25-10-12-26(13-11-25)19-5-2-1-4-17(19)23/h1-2,4-5,7-8,14H,3,6,9-13H2,(H,24,27). The summed E-state index contributed by atoms with van der Waals surface area (Å²) < 4.78 is 13.9. The number of piperazine rings is 1. The van der Waals surface area contributed by atoms with Crippen LogP contribution < -0.4 is 10.2 Å². The zero-order valence-electron chi connectivity index (χ0n) is 14.9. The number of para-hydroxylation sites is 1. The molecule has 1 N–H and O–H groups in total. The van der Waals surface area contributed by atoms with Gasteiger partial charge in [-0.05, 0) is 43.3 Å². The first-order valence-corrected chi connectivity index (χ1v) is 9.75. The number of halogens is 3. The number of rotatable bonds is 6. The first-order chi connectivity index (χ1) is 13.0. The maximum absolute atomic E-state index is 13.9. The monoisotopic (exact) mass is 409 g/mol. The molecule has 1 fully saturated rings. The van der Waals surface area contributed by atoms with E-state index in [-0.39, 0.29) is 11.7 Å². The Bertz CT molecular complexity index is 795. The Labute approximate surface area is 168 Å². The molecule has 2 aromatic rings. The van der Waals surface area contributed by atoms with Crippen molar-refractivity contribution in [2.75, 3.05) is 42.9 Å². The van der Waals surface area contributed by atoms with Crippen molar-refractivity contribution in [1.29, 1.82) is 0 Å². The first-order valence-electron chi connectivity index (χ1n) is 8.99. The Kier molecular flexibility index (Phi) is 6.94. The number of benzene rings is 2. The zero-order valence-corrected chi connectivity index (χ0v) is 16.4. The quantitative estimate of drug-likeness (QED) is 0.752. The Morgan fingerprint density at radius 1 is 1.07 bits per heavy atom. The Morgan fingerprint density at radius 3 is 2.52 bits per heavy atom. The van der Waals surface area contributed by atoms with Gasteiger partial charge in [0, 0.05) is 37.6 Å². The predicted octanol–water partition coefficient (Wildman–Crippen LogP) is 4.67. The van der Waals surface area contributed by atoms with Gasteiger partial charge in [-0.2, -0.15) is 0 Å². The van der Waals surface area contributed by atoms with Crippen molar-refractivity contribution < 1.29 is 9.18 Å². The fourth-order valence-electron chi connectivity index (χ4n) is 3.19. The van der Waals surface area contributed by atoms with Gasteiger partial charge in [-0.15, -0.1) is 0 Å². The summed E-state index contributed by atoms with van der Waals surface area (Å²) in [5, 5.41) is 3.78. The molecule has 4 nitrogen and oxygen atoms in total. The summed E-state index contributed by atoms with van der Waals surface area (Å²) in [6.07, 6.45) is 1.18. The van der Waals surface area contributed by atoms with Crippen LogP contribution >= 0.6 is 23.2 Å². The van der Waals surface area contributed by atoms with Crippen LogP contribution in [0.5, 0.6) is 0 Å². The van der Waals surface area contributed by atoms with Crippen molar-refractivity contribution in [3.63, 3.8) is 0 Å². The van der Waals surface area contributed by atoms with Crippen LogP contribution in [0, 0.1) is 5.82 Å². The molecule has 0 unspecified atom stereocenters. The topological polar surface area (TPSA) is 35.6 Å². The van der Waals surface area contributed by atoms with Crippen molar-refractivity contribution in [3.8, 4) is 0 Å². The minimum absolute atomic E-state index is 0.0655. The van der Waals surface area contributed by atoms with E-state index >= 15 is 0 Å². The Hall–Kier alpha value is -1.82. The van der Waals surface area contributed by atoms with Crippen LogP contribution in [0.1, 0.15) is 12.8 Å². The lowest BCUT2D eigenvalue weighted by Gasteiger charge is -2.36. The Morgan fingerprint density at radius 2 is 1.81 bits per heavy atom. The van der Waals surface area contributed by atoms with Crippen molar-refractivity contribution in [1.82, 2.24) is 4.90 Å². The van der Waals surface area contributed by atoms with Crippen LogP contribution in [0.15, 0.2) is 42.5 Å². The number of nitrogens with zero attached hydrogens (tertiary/aromatic N) is 2. The number of carbonyl (C=O) groups excluding carboxylic acids is 1. The summed E-state index contributed by atoms with van der Waals surface area (Å²) in [7, 11) is 0. The number of anilines is 2. The van der Waals surface area contributed by atoms with E-state index < -0.39 is 0 Å². The zero-order chi connectivity index (χ0) is 19.2. The third kappa shape index (κ3) is 5.58. The van der Waals surface area contributed by atoms with E-state index in [4.69, 9.17) is 23.2 Å². The number of hydrogen-bond donors (Lipinski definition) is 1. The summed E-state index contributed by atoms with van der Waals surface area (Å²) >= 11 is 11.9. The average Bonchev–Trinajstić information content (AvgIpc) is 2.65. The van der Waals surface area contributed by atoms with Crippen molar-refractivity contribution >= 4 is 40.5 Å². The molecule has 2 aromatic carbocycles. The van der Waals surface area contributed by atoms with E-state index in [0.717, 1.165) is 39.1 Å². The molecular weight excluding hydrogens is 388 g/mol. The highest BCUT2D eigenvalue weighted by molar-refractivity contribution is 6.36. The molecular formula is C20H22Cl2FN3O. The summed E-state index contributed by atoms with van der Waals surface area (Å²) in [6.45, 7) is 4.13.